The van der Waals surface area contributed by atoms with Gasteiger partial charge in [-0.25, -0.2) is 0 Å². The standard InChI is InChI=1S/C19H25NS/c1-5-12-20-16(4)18-8-6-7-9-19(18)21-17-11-10-14(2)15(3)13-17/h6-11,13,16,20H,5,12H2,1-4H3. The summed E-state index contributed by atoms with van der Waals surface area (Å²) in [5.41, 5.74) is 4.09. The molecule has 21 heavy (non-hydrogen) atoms. The number of benzene rings is 2. The molecule has 0 amide bonds. The van der Waals surface area contributed by atoms with Crippen LogP contribution in [-0.4, -0.2) is 6.54 Å². The third-order valence-corrected chi connectivity index (χ3v) is 4.87. The molecule has 2 aromatic carbocycles. The summed E-state index contributed by atoms with van der Waals surface area (Å²) in [4.78, 5) is 2.66. The van der Waals surface area contributed by atoms with Gasteiger partial charge in [0.1, 0.15) is 0 Å². The molecule has 2 aromatic rings. The second-order valence-electron chi connectivity index (χ2n) is 5.56. The van der Waals surface area contributed by atoms with Crippen molar-refractivity contribution in [2.75, 3.05) is 6.54 Å². The average Bonchev–Trinajstić information content (AvgIpc) is 2.49. The molecule has 2 heteroatoms. The fourth-order valence-electron chi connectivity index (χ4n) is 2.31. The topological polar surface area (TPSA) is 12.0 Å². The van der Waals surface area contributed by atoms with E-state index in [4.69, 9.17) is 0 Å². The lowest BCUT2D eigenvalue weighted by molar-refractivity contribution is 0.564. The van der Waals surface area contributed by atoms with Gasteiger partial charge in [-0.05, 0) is 68.6 Å². The van der Waals surface area contributed by atoms with E-state index in [2.05, 4.69) is 75.5 Å². The van der Waals surface area contributed by atoms with Crippen molar-refractivity contribution in [3.63, 3.8) is 0 Å². The highest BCUT2D eigenvalue weighted by Gasteiger charge is 2.10. The SMILES string of the molecule is CCCNC(C)c1ccccc1Sc1ccc(C)c(C)c1. The molecule has 0 saturated carbocycles. The van der Waals surface area contributed by atoms with Crippen LogP contribution in [0.2, 0.25) is 0 Å². The Bertz CT molecular complexity index is 592. The van der Waals surface area contributed by atoms with E-state index in [-0.39, 0.29) is 0 Å². The fourth-order valence-corrected chi connectivity index (χ4v) is 3.44. The van der Waals surface area contributed by atoms with Gasteiger partial charge >= 0.3 is 0 Å². The molecule has 0 radical (unpaired) electrons. The van der Waals surface area contributed by atoms with Crippen molar-refractivity contribution in [2.45, 2.75) is 49.9 Å². The number of rotatable bonds is 6. The first-order valence-corrected chi connectivity index (χ1v) is 8.51. The lowest BCUT2D eigenvalue weighted by atomic mass is 10.1. The summed E-state index contributed by atoms with van der Waals surface area (Å²) in [6.45, 7) is 9.85. The fraction of sp³-hybridized carbons (Fsp3) is 0.368. The second kappa shape index (κ2) is 7.67. The molecule has 0 aliphatic heterocycles. The summed E-state index contributed by atoms with van der Waals surface area (Å²) >= 11 is 1.86. The van der Waals surface area contributed by atoms with Gasteiger partial charge in [0.25, 0.3) is 0 Å². The van der Waals surface area contributed by atoms with E-state index in [0.717, 1.165) is 13.0 Å². The minimum atomic E-state index is 0.389. The lowest BCUT2D eigenvalue weighted by Crippen LogP contribution is -2.19. The highest BCUT2D eigenvalue weighted by molar-refractivity contribution is 7.99. The van der Waals surface area contributed by atoms with Crippen molar-refractivity contribution in [2.24, 2.45) is 0 Å². The van der Waals surface area contributed by atoms with Crippen LogP contribution >= 0.6 is 11.8 Å². The summed E-state index contributed by atoms with van der Waals surface area (Å²) in [6, 6.07) is 15.8. The Morgan fingerprint density at radius 1 is 1.05 bits per heavy atom. The zero-order chi connectivity index (χ0) is 15.2. The minimum Gasteiger partial charge on any atom is -0.310 e. The smallest absolute Gasteiger partial charge is 0.0303 e. The van der Waals surface area contributed by atoms with Crippen molar-refractivity contribution < 1.29 is 0 Å². The maximum absolute atomic E-state index is 3.58. The van der Waals surface area contributed by atoms with E-state index in [0.29, 0.717) is 6.04 Å². The van der Waals surface area contributed by atoms with Crippen molar-refractivity contribution in [1.82, 2.24) is 5.32 Å². The van der Waals surface area contributed by atoms with E-state index in [9.17, 15) is 0 Å². The van der Waals surface area contributed by atoms with Crippen LogP contribution in [0.25, 0.3) is 0 Å². The highest BCUT2D eigenvalue weighted by Crippen LogP contribution is 2.34. The number of hydrogen-bond acceptors (Lipinski definition) is 2. The van der Waals surface area contributed by atoms with Crippen LogP contribution in [0.5, 0.6) is 0 Å². The molecule has 0 spiro atoms. The van der Waals surface area contributed by atoms with Crippen molar-refractivity contribution in [3.8, 4) is 0 Å². The molecule has 1 N–H and O–H groups in total. The van der Waals surface area contributed by atoms with Gasteiger partial charge in [0.15, 0.2) is 0 Å². The van der Waals surface area contributed by atoms with Crippen LogP contribution in [0.15, 0.2) is 52.3 Å². The van der Waals surface area contributed by atoms with Crippen LogP contribution in [0, 0.1) is 13.8 Å². The Labute approximate surface area is 133 Å². The summed E-state index contributed by atoms with van der Waals surface area (Å²) in [6.07, 6.45) is 1.16. The molecule has 1 nitrogen and oxygen atoms in total. The maximum Gasteiger partial charge on any atom is 0.0303 e. The Morgan fingerprint density at radius 2 is 1.81 bits per heavy atom. The maximum atomic E-state index is 3.58. The zero-order valence-corrected chi connectivity index (χ0v) is 14.3. The van der Waals surface area contributed by atoms with E-state index >= 15 is 0 Å². The largest absolute Gasteiger partial charge is 0.310 e. The van der Waals surface area contributed by atoms with Crippen LogP contribution in [0.3, 0.4) is 0 Å². The summed E-state index contributed by atoms with van der Waals surface area (Å²) in [5, 5.41) is 3.58. The molecule has 0 aliphatic rings. The van der Waals surface area contributed by atoms with Crippen molar-refractivity contribution in [3.05, 3.63) is 59.2 Å². The molecule has 0 bridgehead atoms. The number of nitrogens with one attached hydrogen (secondary N) is 1. The molecule has 1 unspecified atom stereocenters. The van der Waals surface area contributed by atoms with Gasteiger partial charge in [0.2, 0.25) is 0 Å². The van der Waals surface area contributed by atoms with Crippen LogP contribution < -0.4 is 5.32 Å². The van der Waals surface area contributed by atoms with Gasteiger partial charge in [-0.3, -0.25) is 0 Å². The van der Waals surface area contributed by atoms with Gasteiger partial charge in [0.05, 0.1) is 0 Å². The Morgan fingerprint density at radius 3 is 2.52 bits per heavy atom. The first-order chi connectivity index (χ1) is 10.1. The monoisotopic (exact) mass is 299 g/mol. The van der Waals surface area contributed by atoms with E-state index in [1.165, 1.54) is 26.5 Å². The Balaban J connectivity index is 2.21. The van der Waals surface area contributed by atoms with Gasteiger partial charge in [0, 0.05) is 15.8 Å². The quantitative estimate of drug-likeness (QED) is 0.754. The molecule has 112 valence electrons. The molecular formula is C19H25NS. The summed E-state index contributed by atoms with van der Waals surface area (Å²) < 4.78 is 0. The molecule has 2 rings (SSSR count). The third-order valence-electron chi connectivity index (χ3n) is 3.79. The minimum absolute atomic E-state index is 0.389. The second-order valence-corrected chi connectivity index (χ2v) is 6.68. The molecule has 0 heterocycles. The first kappa shape index (κ1) is 16.1. The molecule has 0 saturated heterocycles. The summed E-state index contributed by atoms with van der Waals surface area (Å²) in [5.74, 6) is 0. The van der Waals surface area contributed by atoms with Gasteiger partial charge in [-0.15, -0.1) is 0 Å². The molecule has 0 aromatic heterocycles. The predicted molar refractivity (Wildman–Crippen MR) is 93.2 cm³/mol. The van der Waals surface area contributed by atoms with Crippen LogP contribution in [0.4, 0.5) is 0 Å². The van der Waals surface area contributed by atoms with E-state index in [1.54, 1.807) is 0 Å². The zero-order valence-electron chi connectivity index (χ0n) is 13.4. The molecule has 0 fully saturated rings. The van der Waals surface area contributed by atoms with Crippen molar-refractivity contribution >= 4 is 11.8 Å². The summed E-state index contributed by atoms with van der Waals surface area (Å²) in [7, 11) is 0. The van der Waals surface area contributed by atoms with Crippen LogP contribution in [0.1, 0.15) is 43.0 Å². The van der Waals surface area contributed by atoms with E-state index in [1.807, 2.05) is 11.8 Å². The predicted octanol–water partition coefficient (Wildman–Crippen LogP) is 5.52. The van der Waals surface area contributed by atoms with Gasteiger partial charge in [-0.1, -0.05) is 43.0 Å². The molecule has 1 atom stereocenters. The number of hydrogen-bond donors (Lipinski definition) is 1. The third kappa shape index (κ3) is 4.36. The molecule has 0 aliphatic carbocycles. The normalized spacial score (nSPS) is 12.4. The Kier molecular flexibility index (Phi) is 5.89. The Hall–Kier alpha value is -1.25. The lowest BCUT2D eigenvalue weighted by Gasteiger charge is -2.17. The highest BCUT2D eigenvalue weighted by atomic mass is 32.2. The average molecular weight is 299 g/mol. The van der Waals surface area contributed by atoms with Crippen LogP contribution in [-0.2, 0) is 0 Å². The first-order valence-electron chi connectivity index (χ1n) is 7.69. The van der Waals surface area contributed by atoms with Crippen molar-refractivity contribution in [1.29, 1.82) is 0 Å². The van der Waals surface area contributed by atoms with Gasteiger partial charge < -0.3 is 5.32 Å². The molecular weight excluding hydrogens is 274 g/mol. The number of aryl methyl sites for hydroxylation is 2. The van der Waals surface area contributed by atoms with Gasteiger partial charge in [-0.2, -0.15) is 0 Å². The van der Waals surface area contributed by atoms with E-state index < -0.39 is 0 Å².